The third-order valence-electron chi connectivity index (χ3n) is 3.29. The van der Waals surface area contributed by atoms with E-state index in [1.165, 1.54) is 23.0 Å². The van der Waals surface area contributed by atoms with Gasteiger partial charge in [0.1, 0.15) is 18.3 Å². The Morgan fingerprint density at radius 2 is 2.27 bits per heavy atom. The molecule has 0 saturated carbocycles. The van der Waals surface area contributed by atoms with Crippen LogP contribution < -0.4 is 11.0 Å². The van der Waals surface area contributed by atoms with E-state index >= 15 is 0 Å². The largest absolute Gasteiger partial charge is 0.339 e. The lowest BCUT2D eigenvalue weighted by molar-refractivity contribution is -0.121. The number of nitriles is 1. The lowest BCUT2D eigenvalue weighted by Crippen LogP contribution is -2.28. The highest BCUT2D eigenvalue weighted by molar-refractivity contribution is 5.84. The molecule has 0 aliphatic heterocycles. The van der Waals surface area contributed by atoms with Gasteiger partial charge >= 0.3 is 0 Å². The topological polar surface area (TPSA) is 92.2 Å². The molecule has 0 bridgehead atoms. The molecule has 2 rings (SSSR count). The van der Waals surface area contributed by atoms with Crippen LogP contribution in [0.4, 0.5) is 0 Å². The van der Waals surface area contributed by atoms with Crippen LogP contribution in [0.5, 0.6) is 0 Å². The minimum Gasteiger partial charge on any atom is -0.339 e. The average Bonchev–Trinajstić information content (AvgIpc) is 2.77. The van der Waals surface area contributed by atoms with Gasteiger partial charge in [0.2, 0.25) is 0 Å². The SMILES string of the molecule is Cc1c(/C=N\NC(=O)Cn2ccccc2=O)cc(C#N)n1C. The van der Waals surface area contributed by atoms with Crippen molar-refractivity contribution >= 4 is 12.1 Å². The molecule has 0 spiro atoms. The van der Waals surface area contributed by atoms with Crippen LogP contribution in [-0.2, 0) is 18.4 Å². The first kappa shape index (κ1) is 15.3. The Bertz CT molecular complexity index is 823. The van der Waals surface area contributed by atoms with E-state index < -0.39 is 5.91 Å². The van der Waals surface area contributed by atoms with Crippen molar-refractivity contribution < 1.29 is 4.79 Å². The summed E-state index contributed by atoms with van der Waals surface area (Å²) in [6.07, 6.45) is 3.01. The van der Waals surface area contributed by atoms with Gasteiger partial charge in [-0.15, -0.1) is 0 Å². The first-order valence-corrected chi connectivity index (χ1v) is 6.56. The van der Waals surface area contributed by atoms with Gasteiger partial charge in [0.05, 0.1) is 6.21 Å². The number of pyridine rings is 1. The molecular weight excluding hydrogens is 282 g/mol. The van der Waals surface area contributed by atoms with Crippen LogP contribution in [0.2, 0.25) is 0 Å². The number of rotatable bonds is 4. The van der Waals surface area contributed by atoms with Crippen LogP contribution in [0, 0.1) is 18.3 Å². The Morgan fingerprint density at radius 1 is 1.50 bits per heavy atom. The average molecular weight is 297 g/mol. The molecule has 2 aromatic rings. The van der Waals surface area contributed by atoms with Crippen LogP contribution in [0.3, 0.4) is 0 Å². The maximum atomic E-state index is 11.7. The van der Waals surface area contributed by atoms with E-state index in [1.54, 1.807) is 29.8 Å². The van der Waals surface area contributed by atoms with Gasteiger partial charge in [-0.3, -0.25) is 9.59 Å². The Morgan fingerprint density at radius 3 is 2.91 bits per heavy atom. The first-order valence-electron chi connectivity index (χ1n) is 6.56. The van der Waals surface area contributed by atoms with Gasteiger partial charge in [0.15, 0.2) is 0 Å². The molecule has 0 atom stereocenters. The number of hydrogen-bond donors (Lipinski definition) is 1. The maximum Gasteiger partial charge on any atom is 0.260 e. The quantitative estimate of drug-likeness (QED) is 0.658. The summed E-state index contributed by atoms with van der Waals surface area (Å²) in [6, 6.07) is 8.43. The molecule has 2 aromatic heterocycles. The lowest BCUT2D eigenvalue weighted by atomic mass is 10.3. The molecule has 22 heavy (non-hydrogen) atoms. The Labute approximate surface area is 127 Å². The highest BCUT2D eigenvalue weighted by atomic mass is 16.2. The monoisotopic (exact) mass is 297 g/mol. The minimum absolute atomic E-state index is 0.103. The van der Waals surface area contributed by atoms with Crippen LogP contribution >= 0.6 is 0 Å². The fourth-order valence-electron chi connectivity index (χ4n) is 1.92. The molecule has 2 heterocycles. The van der Waals surface area contributed by atoms with E-state index in [0.717, 1.165) is 11.3 Å². The zero-order chi connectivity index (χ0) is 16.1. The van der Waals surface area contributed by atoms with Gasteiger partial charge in [-0.2, -0.15) is 10.4 Å². The molecule has 1 N–H and O–H groups in total. The molecular formula is C15H15N5O2. The number of amides is 1. The van der Waals surface area contributed by atoms with E-state index in [9.17, 15) is 9.59 Å². The van der Waals surface area contributed by atoms with Crippen molar-refractivity contribution in [2.75, 3.05) is 0 Å². The summed E-state index contributed by atoms with van der Waals surface area (Å²) in [5.41, 5.74) is 4.24. The number of nitrogens with zero attached hydrogens (tertiary/aromatic N) is 4. The van der Waals surface area contributed by atoms with Crippen LogP contribution in [-0.4, -0.2) is 21.3 Å². The van der Waals surface area contributed by atoms with Gasteiger partial charge in [-0.25, -0.2) is 5.43 Å². The molecule has 0 aliphatic rings. The fraction of sp³-hybridized carbons (Fsp3) is 0.200. The van der Waals surface area contributed by atoms with Crippen molar-refractivity contribution in [3.05, 3.63) is 57.8 Å². The van der Waals surface area contributed by atoms with Crippen molar-refractivity contribution in [2.24, 2.45) is 12.1 Å². The van der Waals surface area contributed by atoms with Crippen LogP contribution in [0.15, 0.2) is 40.4 Å². The van der Waals surface area contributed by atoms with E-state index in [-0.39, 0.29) is 12.1 Å². The van der Waals surface area contributed by atoms with Crippen molar-refractivity contribution in [3.8, 4) is 6.07 Å². The molecule has 0 fully saturated rings. The lowest BCUT2D eigenvalue weighted by Gasteiger charge is -2.03. The number of hydrogen-bond acceptors (Lipinski definition) is 4. The highest BCUT2D eigenvalue weighted by Gasteiger charge is 2.07. The maximum absolute atomic E-state index is 11.7. The van der Waals surface area contributed by atoms with Crippen molar-refractivity contribution in [2.45, 2.75) is 13.5 Å². The molecule has 0 unspecified atom stereocenters. The smallest absolute Gasteiger partial charge is 0.260 e. The number of carbonyl (C=O) groups excluding carboxylic acids is 1. The van der Waals surface area contributed by atoms with Gasteiger partial charge < -0.3 is 9.13 Å². The Hall–Kier alpha value is -3.14. The fourth-order valence-corrected chi connectivity index (χ4v) is 1.92. The summed E-state index contributed by atoms with van der Waals surface area (Å²) in [5.74, 6) is -0.404. The summed E-state index contributed by atoms with van der Waals surface area (Å²) in [6.45, 7) is 1.75. The van der Waals surface area contributed by atoms with Gasteiger partial charge in [0.25, 0.3) is 11.5 Å². The third-order valence-corrected chi connectivity index (χ3v) is 3.29. The standard InChI is InChI=1S/C15H15N5O2/c1-11-12(7-13(8-16)19(11)2)9-17-18-14(21)10-20-6-4-3-5-15(20)22/h3-7,9H,10H2,1-2H3,(H,18,21)/b17-9-. The zero-order valence-electron chi connectivity index (χ0n) is 12.3. The highest BCUT2D eigenvalue weighted by Crippen LogP contribution is 2.10. The predicted octanol–water partition coefficient (Wildman–Crippen LogP) is 0.517. The summed E-state index contributed by atoms with van der Waals surface area (Å²) >= 11 is 0. The second-order valence-electron chi connectivity index (χ2n) is 4.70. The summed E-state index contributed by atoms with van der Waals surface area (Å²) in [7, 11) is 1.78. The van der Waals surface area contributed by atoms with Gasteiger partial charge in [0, 0.05) is 30.6 Å². The van der Waals surface area contributed by atoms with E-state index in [0.29, 0.717) is 5.69 Å². The second-order valence-corrected chi connectivity index (χ2v) is 4.70. The normalized spacial score (nSPS) is 10.6. The summed E-state index contributed by atoms with van der Waals surface area (Å²) < 4.78 is 3.03. The Kier molecular flexibility index (Phi) is 4.53. The van der Waals surface area contributed by atoms with E-state index in [1.807, 2.05) is 6.92 Å². The third kappa shape index (κ3) is 3.30. The zero-order valence-corrected chi connectivity index (χ0v) is 12.3. The molecule has 1 amide bonds. The van der Waals surface area contributed by atoms with Crippen LogP contribution in [0.1, 0.15) is 17.0 Å². The minimum atomic E-state index is -0.404. The molecule has 7 heteroatoms. The van der Waals surface area contributed by atoms with Gasteiger partial charge in [-0.05, 0) is 19.1 Å². The molecule has 0 aliphatic carbocycles. The number of carbonyl (C=O) groups is 1. The van der Waals surface area contributed by atoms with Crippen molar-refractivity contribution in [3.63, 3.8) is 0 Å². The number of aromatic nitrogens is 2. The number of nitrogens with one attached hydrogen (secondary N) is 1. The van der Waals surface area contributed by atoms with Crippen molar-refractivity contribution in [1.82, 2.24) is 14.6 Å². The van der Waals surface area contributed by atoms with E-state index in [2.05, 4.69) is 16.6 Å². The van der Waals surface area contributed by atoms with E-state index in [4.69, 9.17) is 5.26 Å². The molecule has 0 aromatic carbocycles. The summed E-state index contributed by atoms with van der Waals surface area (Å²) in [4.78, 5) is 23.2. The second kappa shape index (κ2) is 6.54. The van der Waals surface area contributed by atoms with Gasteiger partial charge in [-0.1, -0.05) is 6.07 Å². The number of hydrazone groups is 1. The molecule has 112 valence electrons. The first-order chi connectivity index (χ1) is 10.5. The van der Waals surface area contributed by atoms with Crippen LogP contribution in [0.25, 0.3) is 0 Å². The molecule has 0 saturated heterocycles. The van der Waals surface area contributed by atoms with Crippen molar-refractivity contribution in [1.29, 1.82) is 5.26 Å². The molecule has 0 radical (unpaired) electrons. The summed E-state index contributed by atoms with van der Waals surface area (Å²) in [5, 5.41) is 12.8. The Balaban J connectivity index is 2.01. The molecule has 7 nitrogen and oxygen atoms in total. The predicted molar refractivity (Wildman–Crippen MR) is 81.3 cm³/mol.